The number of rotatable bonds is 10. The van der Waals surface area contributed by atoms with E-state index in [1.165, 1.54) is 74.8 Å². The van der Waals surface area contributed by atoms with Gasteiger partial charge in [0.25, 0.3) is 0 Å². The lowest BCUT2D eigenvalue weighted by molar-refractivity contribution is -0.0337. The zero-order valence-electron chi connectivity index (χ0n) is 28.2. The van der Waals surface area contributed by atoms with Crippen molar-refractivity contribution in [1.82, 2.24) is 19.9 Å². The molecule has 0 bridgehead atoms. The molecule has 0 amide bonds. The number of halogens is 6. The summed E-state index contributed by atoms with van der Waals surface area (Å²) in [7, 11) is -7.30. The molecular formula is C33H28F6N4O7S4. The first kappa shape index (κ1) is 41.0. The fourth-order valence-electron chi connectivity index (χ4n) is 4.77. The Bertz CT molecular complexity index is 2360. The predicted molar refractivity (Wildman–Crippen MR) is 189 cm³/mol. The molecule has 0 radical (unpaired) electrons. The Hall–Kier alpha value is -4.18. The number of nitrogens with zero attached hydrogens (tertiary/aromatic N) is 4. The van der Waals surface area contributed by atoms with E-state index in [2.05, 4.69) is 19.9 Å². The van der Waals surface area contributed by atoms with E-state index in [0.29, 0.717) is 12.0 Å². The van der Waals surface area contributed by atoms with E-state index >= 15 is 0 Å². The lowest BCUT2D eigenvalue weighted by Crippen LogP contribution is -2.08. The summed E-state index contributed by atoms with van der Waals surface area (Å²) in [4.78, 5) is 16.2. The van der Waals surface area contributed by atoms with Gasteiger partial charge in [0.15, 0.2) is 30.8 Å². The standard InChI is InChI=1S/C17H15F3N2O3S2.C16H13F3N2O4S2/c1-3-10-7-14(27(23,24)4-2)15(21-9-10)16-22-12-8-11(26-17(18,19)20)5-6-13(12)25-16;1-2-27(23,24)13-5-9(8-22)7-20-14(13)15-21-11-6-10(26-16(17,18)19)3-4-12(11)25-15/h5-9H,3-4H2,1-2H3;3-7,22H,2,8H2,1H3. The molecule has 4 heterocycles. The highest BCUT2D eigenvalue weighted by Gasteiger charge is 2.31. The summed E-state index contributed by atoms with van der Waals surface area (Å²) < 4.78 is 136. The number of fused-ring (bicyclic) bond motifs is 2. The average molecular weight is 835 g/mol. The Balaban J connectivity index is 0.000000208. The number of hydrogen-bond acceptors (Lipinski definition) is 13. The Morgan fingerprint density at radius 1 is 0.648 bits per heavy atom. The van der Waals surface area contributed by atoms with Crippen molar-refractivity contribution in [2.24, 2.45) is 0 Å². The number of aliphatic hydroxyl groups excluding tert-OH is 1. The van der Waals surface area contributed by atoms with Crippen molar-refractivity contribution in [3.63, 3.8) is 0 Å². The van der Waals surface area contributed by atoms with Crippen molar-refractivity contribution in [1.29, 1.82) is 0 Å². The SMILES string of the molecule is CCS(=O)(=O)c1cc(CO)cnc1-c1nc2cc(SC(F)(F)F)ccc2o1.CCc1cnc(-c2nc3cc(SC(F)(F)F)ccc3o2)c(S(=O)(=O)CC)c1. The summed E-state index contributed by atoms with van der Waals surface area (Å²) in [6.07, 6.45) is 3.42. The molecule has 0 fully saturated rings. The molecule has 21 heteroatoms. The molecule has 11 nitrogen and oxygen atoms in total. The average Bonchev–Trinajstić information content (AvgIpc) is 3.74. The number of alkyl halides is 6. The number of benzene rings is 2. The number of sulfone groups is 2. The van der Waals surface area contributed by atoms with Gasteiger partial charge in [-0.2, -0.15) is 26.3 Å². The fourth-order valence-corrected chi connectivity index (χ4v) is 8.07. The smallest absolute Gasteiger partial charge is 0.435 e. The predicted octanol–water partition coefficient (Wildman–Crippen LogP) is 8.65. The number of aliphatic hydroxyl groups is 1. The Morgan fingerprint density at radius 2 is 1.06 bits per heavy atom. The minimum absolute atomic E-state index is 0.000737. The van der Waals surface area contributed by atoms with Crippen LogP contribution in [0.2, 0.25) is 0 Å². The molecular weight excluding hydrogens is 807 g/mol. The van der Waals surface area contributed by atoms with E-state index in [4.69, 9.17) is 8.83 Å². The van der Waals surface area contributed by atoms with Crippen LogP contribution in [0.5, 0.6) is 0 Å². The molecule has 54 heavy (non-hydrogen) atoms. The van der Waals surface area contributed by atoms with Gasteiger partial charge in [-0.15, -0.1) is 0 Å². The van der Waals surface area contributed by atoms with Gasteiger partial charge in [0.1, 0.15) is 22.4 Å². The maximum Gasteiger partial charge on any atom is 0.446 e. The third kappa shape index (κ3) is 9.73. The Kier molecular flexibility index (Phi) is 12.1. The van der Waals surface area contributed by atoms with Gasteiger partial charge in [0.05, 0.1) is 27.9 Å². The van der Waals surface area contributed by atoms with Crippen LogP contribution >= 0.6 is 23.5 Å². The van der Waals surface area contributed by atoms with Crippen LogP contribution in [0.25, 0.3) is 45.4 Å². The first-order chi connectivity index (χ1) is 25.3. The van der Waals surface area contributed by atoms with Gasteiger partial charge < -0.3 is 13.9 Å². The van der Waals surface area contributed by atoms with Crippen molar-refractivity contribution in [3.05, 3.63) is 72.1 Å². The molecule has 0 saturated carbocycles. The second-order valence-electron chi connectivity index (χ2n) is 11.1. The molecule has 0 aliphatic heterocycles. The minimum Gasteiger partial charge on any atom is -0.435 e. The Labute approximate surface area is 312 Å². The van der Waals surface area contributed by atoms with E-state index in [1.807, 2.05) is 6.92 Å². The van der Waals surface area contributed by atoms with E-state index in [1.54, 1.807) is 0 Å². The van der Waals surface area contributed by atoms with Crippen LogP contribution in [0, 0.1) is 0 Å². The lowest BCUT2D eigenvalue weighted by atomic mass is 10.2. The second kappa shape index (κ2) is 15.9. The van der Waals surface area contributed by atoms with Crippen LogP contribution in [-0.4, -0.2) is 64.4 Å². The third-order valence-electron chi connectivity index (χ3n) is 7.43. The number of pyridine rings is 2. The van der Waals surface area contributed by atoms with Crippen LogP contribution < -0.4 is 0 Å². The van der Waals surface area contributed by atoms with Gasteiger partial charge in [-0.05, 0) is 89.6 Å². The monoisotopic (exact) mass is 834 g/mol. The quantitative estimate of drug-likeness (QED) is 0.103. The van der Waals surface area contributed by atoms with Gasteiger partial charge in [0, 0.05) is 22.2 Å². The van der Waals surface area contributed by atoms with E-state index < -0.39 is 37.3 Å². The summed E-state index contributed by atoms with van der Waals surface area (Å²) in [5.74, 6) is -0.505. The second-order valence-corrected chi connectivity index (χ2v) is 17.9. The van der Waals surface area contributed by atoms with E-state index in [9.17, 15) is 48.3 Å². The van der Waals surface area contributed by atoms with E-state index in [-0.39, 0.29) is 100.0 Å². The number of oxazole rings is 2. The zero-order chi connectivity index (χ0) is 39.6. The Morgan fingerprint density at radius 3 is 1.43 bits per heavy atom. The van der Waals surface area contributed by atoms with Gasteiger partial charge in [0.2, 0.25) is 11.8 Å². The van der Waals surface area contributed by atoms with Gasteiger partial charge in [-0.3, -0.25) is 0 Å². The molecule has 0 saturated heterocycles. The summed E-state index contributed by atoms with van der Waals surface area (Å²) >= 11 is -0.541. The van der Waals surface area contributed by atoms with Crippen LogP contribution in [-0.2, 0) is 32.7 Å². The van der Waals surface area contributed by atoms with Crippen molar-refractivity contribution in [2.75, 3.05) is 11.5 Å². The summed E-state index contributed by atoms with van der Waals surface area (Å²) in [6, 6.07) is 10.5. The van der Waals surface area contributed by atoms with Gasteiger partial charge >= 0.3 is 11.0 Å². The number of aromatic nitrogens is 4. The van der Waals surface area contributed by atoms with Crippen LogP contribution in [0.1, 0.15) is 31.9 Å². The molecule has 0 unspecified atom stereocenters. The highest BCUT2D eigenvalue weighted by molar-refractivity contribution is 8.00. The zero-order valence-corrected chi connectivity index (χ0v) is 31.5. The number of thioether (sulfide) groups is 2. The molecule has 0 aliphatic rings. The summed E-state index contributed by atoms with van der Waals surface area (Å²) in [5, 5.41) is 9.23. The molecule has 0 atom stereocenters. The maximum absolute atomic E-state index is 12.5. The highest BCUT2D eigenvalue weighted by atomic mass is 32.2. The fraction of sp³-hybridized carbons (Fsp3) is 0.273. The summed E-state index contributed by atoms with van der Waals surface area (Å²) in [5.41, 5.74) is -7.04. The largest absolute Gasteiger partial charge is 0.446 e. The molecule has 4 aromatic heterocycles. The first-order valence-corrected chi connectivity index (χ1v) is 20.6. The molecule has 6 rings (SSSR count). The topological polar surface area (TPSA) is 166 Å². The minimum atomic E-state index is -4.44. The van der Waals surface area contributed by atoms with E-state index in [0.717, 1.165) is 5.56 Å². The van der Waals surface area contributed by atoms with Crippen LogP contribution in [0.4, 0.5) is 26.3 Å². The van der Waals surface area contributed by atoms with Crippen molar-refractivity contribution < 1.29 is 57.1 Å². The molecule has 0 spiro atoms. The number of aryl methyl sites for hydroxylation is 1. The number of hydrogen-bond donors (Lipinski definition) is 1. The first-order valence-electron chi connectivity index (χ1n) is 15.6. The van der Waals surface area contributed by atoms with Crippen molar-refractivity contribution >= 4 is 65.4 Å². The maximum atomic E-state index is 12.5. The highest BCUT2D eigenvalue weighted by Crippen LogP contribution is 2.40. The van der Waals surface area contributed by atoms with Crippen LogP contribution in [0.3, 0.4) is 0 Å². The normalized spacial score (nSPS) is 12.6. The molecule has 288 valence electrons. The van der Waals surface area contributed by atoms with Crippen molar-refractivity contribution in [3.8, 4) is 23.2 Å². The van der Waals surface area contributed by atoms with Crippen LogP contribution in [0.15, 0.2) is 89.3 Å². The van der Waals surface area contributed by atoms with Crippen molar-refractivity contribution in [2.45, 2.75) is 64.4 Å². The molecule has 0 aliphatic carbocycles. The lowest BCUT2D eigenvalue weighted by Gasteiger charge is -2.07. The summed E-state index contributed by atoms with van der Waals surface area (Å²) in [6.45, 7) is 4.45. The van der Waals surface area contributed by atoms with Gasteiger partial charge in [-0.25, -0.2) is 36.8 Å². The van der Waals surface area contributed by atoms with Gasteiger partial charge in [-0.1, -0.05) is 20.8 Å². The third-order valence-corrected chi connectivity index (χ3v) is 12.4. The molecule has 2 aromatic carbocycles. The molecule has 1 N–H and O–H groups in total. The molecule has 6 aromatic rings.